The highest BCUT2D eigenvalue weighted by Gasteiger charge is 2.14. The van der Waals surface area contributed by atoms with Gasteiger partial charge in [-0.3, -0.25) is 4.79 Å². The van der Waals surface area contributed by atoms with Gasteiger partial charge >= 0.3 is 0 Å². The Bertz CT molecular complexity index is 922. The van der Waals surface area contributed by atoms with Gasteiger partial charge in [0.15, 0.2) is 0 Å². The summed E-state index contributed by atoms with van der Waals surface area (Å²) in [6, 6.07) is 14.4. The maximum Gasteiger partial charge on any atom is 0.240 e. The van der Waals surface area contributed by atoms with Crippen LogP contribution in [0.25, 0.3) is 0 Å². The zero-order valence-corrected chi connectivity index (χ0v) is 18.1. The number of morpholine rings is 1. The highest BCUT2D eigenvalue weighted by Crippen LogP contribution is 2.17. The minimum Gasteiger partial charge on any atom is -0.378 e. The van der Waals surface area contributed by atoms with E-state index in [9.17, 15) is 13.2 Å². The number of anilines is 2. The van der Waals surface area contributed by atoms with Crippen molar-refractivity contribution in [2.45, 2.75) is 31.1 Å². The quantitative estimate of drug-likeness (QED) is 0.638. The Balaban J connectivity index is 1.50. The smallest absolute Gasteiger partial charge is 0.240 e. The van der Waals surface area contributed by atoms with Crippen molar-refractivity contribution in [2.75, 3.05) is 43.1 Å². The summed E-state index contributed by atoms with van der Waals surface area (Å²) in [4.78, 5) is 14.1. The highest BCUT2D eigenvalue weighted by atomic mass is 32.2. The SMILES string of the molecule is CCCC(=O)Nc1ccc(S(=O)(=O)NCCc2ccc(N3CCOCC3)cc2)cc1. The van der Waals surface area contributed by atoms with Crippen LogP contribution in [0.3, 0.4) is 0 Å². The van der Waals surface area contributed by atoms with Gasteiger partial charge in [-0.05, 0) is 54.8 Å². The Labute approximate surface area is 178 Å². The van der Waals surface area contributed by atoms with Crippen molar-refractivity contribution in [3.05, 3.63) is 54.1 Å². The fourth-order valence-corrected chi connectivity index (χ4v) is 4.31. The second-order valence-corrected chi connectivity index (χ2v) is 9.00. The Morgan fingerprint density at radius 3 is 2.33 bits per heavy atom. The van der Waals surface area contributed by atoms with E-state index in [2.05, 4.69) is 27.1 Å². The zero-order chi connectivity index (χ0) is 21.4. The first-order chi connectivity index (χ1) is 14.5. The fourth-order valence-electron chi connectivity index (χ4n) is 3.28. The standard InChI is InChI=1S/C22H29N3O4S/c1-2-3-22(26)24-19-6-10-21(11-7-19)30(27,28)23-13-12-18-4-8-20(9-5-18)25-14-16-29-17-15-25/h4-11,23H,2-3,12-17H2,1H3,(H,24,26). The maximum absolute atomic E-state index is 12.5. The molecule has 2 aromatic rings. The molecule has 0 aromatic heterocycles. The summed E-state index contributed by atoms with van der Waals surface area (Å²) in [6.07, 6.45) is 1.81. The molecule has 1 aliphatic heterocycles. The molecule has 1 saturated heterocycles. The third kappa shape index (κ3) is 6.29. The third-order valence-electron chi connectivity index (χ3n) is 4.94. The summed E-state index contributed by atoms with van der Waals surface area (Å²) in [7, 11) is -3.60. The van der Waals surface area contributed by atoms with Crippen LogP contribution in [0, 0.1) is 0 Å². The number of ether oxygens (including phenoxy) is 1. The molecule has 1 heterocycles. The minimum atomic E-state index is -3.60. The topological polar surface area (TPSA) is 87.7 Å². The molecule has 0 bridgehead atoms. The van der Waals surface area contributed by atoms with Crippen LogP contribution < -0.4 is 14.9 Å². The number of benzene rings is 2. The molecule has 0 atom stereocenters. The number of nitrogens with zero attached hydrogens (tertiary/aromatic N) is 1. The van der Waals surface area contributed by atoms with Gasteiger partial charge in [0.2, 0.25) is 15.9 Å². The van der Waals surface area contributed by atoms with Crippen LogP contribution in [0.1, 0.15) is 25.3 Å². The van der Waals surface area contributed by atoms with Crippen LogP contribution in [0.4, 0.5) is 11.4 Å². The molecular weight excluding hydrogens is 402 g/mol. The van der Waals surface area contributed by atoms with Crippen molar-refractivity contribution >= 4 is 27.3 Å². The first-order valence-corrected chi connectivity index (χ1v) is 11.8. The fraction of sp³-hybridized carbons (Fsp3) is 0.409. The van der Waals surface area contributed by atoms with Crippen molar-refractivity contribution in [2.24, 2.45) is 0 Å². The van der Waals surface area contributed by atoms with Crippen molar-refractivity contribution in [1.29, 1.82) is 0 Å². The van der Waals surface area contributed by atoms with E-state index in [0.717, 1.165) is 44.0 Å². The number of carbonyl (C=O) groups is 1. The molecule has 0 saturated carbocycles. The summed E-state index contributed by atoms with van der Waals surface area (Å²) in [6.45, 7) is 5.51. The van der Waals surface area contributed by atoms with Gasteiger partial charge in [-0.15, -0.1) is 0 Å². The average Bonchev–Trinajstić information content (AvgIpc) is 2.75. The predicted molar refractivity (Wildman–Crippen MR) is 118 cm³/mol. The van der Waals surface area contributed by atoms with Crippen LogP contribution in [0.2, 0.25) is 0 Å². The van der Waals surface area contributed by atoms with Crippen molar-refractivity contribution in [3.63, 3.8) is 0 Å². The van der Waals surface area contributed by atoms with Gasteiger partial charge in [0.05, 0.1) is 18.1 Å². The first-order valence-electron chi connectivity index (χ1n) is 10.3. The van der Waals surface area contributed by atoms with Crippen molar-refractivity contribution in [3.8, 4) is 0 Å². The van der Waals surface area contributed by atoms with Gasteiger partial charge in [0.25, 0.3) is 0 Å². The van der Waals surface area contributed by atoms with E-state index < -0.39 is 10.0 Å². The number of nitrogens with one attached hydrogen (secondary N) is 2. The monoisotopic (exact) mass is 431 g/mol. The molecule has 0 radical (unpaired) electrons. The van der Waals surface area contributed by atoms with E-state index in [1.807, 2.05) is 19.1 Å². The van der Waals surface area contributed by atoms with Gasteiger partial charge < -0.3 is 15.0 Å². The minimum absolute atomic E-state index is 0.0779. The summed E-state index contributed by atoms with van der Waals surface area (Å²) < 4.78 is 33.0. The van der Waals surface area contributed by atoms with E-state index in [1.165, 1.54) is 12.1 Å². The zero-order valence-electron chi connectivity index (χ0n) is 17.3. The maximum atomic E-state index is 12.5. The molecule has 1 fully saturated rings. The Hall–Kier alpha value is -2.42. The molecule has 8 heteroatoms. The van der Waals surface area contributed by atoms with Gasteiger partial charge in [-0.1, -0.05) is 19.1 Å². The summed E-state index contributed by atoms with van der Waals surface area (Å²) in [5.74, 6) is -0.0779. The van der Waals surface area contributed by atoms with Gasteiger partial charge in [0, 0.05) is 37.4 Å². The molecule has 7 nitrogen and oxygen atoms in total. The summed E-state index contributed by atoms with van der Waals surface area (Å²) >= 11 is 0. The second-order valence-electron chi connectivity index (χ2n) is 7.24. The molecular formula is C22H29N3O4S. The van der Waals surface area contributed by atoms with Crippen LogP contribution in [0.5, 0.6) is 0 Å². The summed E-state index contributed by atoms with van der Waals surface area (Å²) in [5.41, 5.74) is 2.82. The number of hydrogen-bond donors (Lipinski definition) is 2. The van der Waals surface area contributed by atoms with Crippen molar-refractivity contribution in [1.82, 2.24) is 4.72 Å². The van der Waals surface area contributed by atoms with Crippen LogP contribution >= 0.6 is 0 Å². The van der Waals surface area contributed by atoms with Crippen LogP contribution in [0.15, 0.2) is 53.4 Å². The Morgan fingerprint density at radius 2 is 1.70 bits per heavy atom. The normalized spacial score (nSPS) is 14.5. The van der Waals surface area contributed by atoms with E-state index in [1.54, 1.807) is 12.1 Å². The second kappa shape index (κ2) is 10.6. The number of carbonyl (C=O) groups excluding carboxylic acids is 1. The molecule has 0 unspecified atom stereocenters. The predicted octanol–water partition coefficient (Wildman–Crippen LogP) is 2.78. The van der Waals surface area contributed by atoms with E-state index in [0.29, 0.717) is 25.1 Å². The largest absolute Gasteiger partial charge is 0.378 e. The molecule has 2 aromatic carbocycles. The van der Waals surface area contributed by atoms with E-state index in [4.69, 9.17) is 4.74 Å². The van der Waals surface area contributed by atoms with E-state index >= 15 is 0 Å². The van der Waals surface area contributed by atoms with Gasteiger partial charge in [-0.2, -0.15) is 0 Å². The van der Waals surface area contributed by atoms with Gasteiger partial charge in [0.1, 0.15) is 0 Å². The Kier molecular flexibility index (Phi) is 7.84. The van der Waals surface area contributed by atoms with Crippen LogP contribution in [-0.2, 0) is 26.0 Å². The lowest BCUT2D eigenvalue weighted by molar-refractivity contribution is -0.116. The first kappa shape index (κ1) is 22.3. The highest BCUT2D eigenvalue weighted by molar-refractivity contribution is 7.89. The molecule has 3 rings (SSSR count). The number of rotatable bonds is 9. The number of hydrogen-bond acceptors (Lipinski definition) is 5. The van der Waals surface area contributed by atoms with Crippen molar-refractivity contribution < 1.29 is 17.9 Å². The molecule has 1 aliphatic rings. The molecule has 30 heavy (non-hydrogen) atoms. The molecule has 162 valence electrons. The molecule has 1 amide bonds. The summed E-state index contributed by atoms with van der Waals surface area (Å²) in [5, 5.41) is 2.75. The number of amides is 1. The average molecular weight is 432 g/mol. The van der Waals surface area contributed by atoms with Crippen LogP contribution in [-0.4, -0.2) is 47.2 Å². The van der Waals surface area contributed by atoms with Gasteiger partial charge in [-0.25, -0.2) is 13.1 Å². The molecule has 2 N–H and O–H groups in total. The lowest BCUT2D eigenvalue weighted by Crippen LogP contribution is -2.36. The Morgan fingerprint density at radius 1 is 1.03 bits per heavy atom. The van der Waals surface area contributed by atoms with E-state index in [-0.39, 0.29) is 10.8 Å². The molecule has 0 aliphatic carbocycles. The number of sulfonamides is 1. The third-order valence-corrected chi connectivity index (χ3v) is 6.42. The lowest BCUT2D eigenvalue weighted by atomic mass is 10.1. The lowest BCUT2D eigenvalue weighted by Gasteiger charge is -2.28. The molecule has 0 spiro atoms.